The van der Waals surface area contributed by atoms with Crippen molar-refractivity contribution in [2.45, 2.75) is 69.8 Å². The minimum atomic E-state index is -5.03. The fourth-order valence-electron chi connectivity index (χ4n) is 5.52. The third-order valence-corrected chi connectivity index (χ3v) is 7.75. The number of amides is 2. The predicted molar refractivity (Wildman–Crippen MR) is 143 cm³/mol. The summed E-state index contributed by atoms with van der Waals surface area (Å²) in [6.45, 7) is 1.31. The summed E-state index contributed by atoms with van der Waals surface area (Å²) in [6, 6.07) is 3.73. The highest BCUT2D eigenvalue weighted by Crippen LogP contribution is 2.37. The Hall–Kier alpha value is -3.63. The Balaban J connectivity index is 1.49. The summed E-state index contributed by atoms with van der Waals surface area (Å²) in [7, 11) is 1.26. The molecule has 248 valence electrons. The quantitative estimate of drug-likeness (QED) is 0.150. The number of aryl methyl sites for hydroxylation is 1. The molecule has 4 rings (SSSR count). The molecule has 2 amide bonds. The molecule has 45 heavy (non-hydrogen) atoms. The third kappa shape index (κ3) is 8.98. The number of piperazine rings is 1. The summed E-state index contributed by atoms with van der Waals surface area (Å²) >= 11 is 0. The molecule has 0 bridgehead atoms. The average molecular weight is 652 g/mol. The van der Waals surface area contributed by atoms with Gasteiger partial charge in [-0.1, -0.05) is 6.07 Å². The molecule has 2 aromatic rings. The Bertz CT molecular complexity index is 1330. The lowest BCUT2D eigenvalue weighted by Crippen LogP contribution is -2.53. The van der Waals surface area contributed by atoms with Gasteiger partial charge in [0.1, 0.15) is 11.9 Å². The van der Waals surface area contributed by atoms with Crippen LogP contribution in [0.1, 0.15) is 59.5 Å². The average Bonchev–Trinajstić information content (AvgIpc) is 2.95. The summed E-state index contributed by atoms with van der Waals surface area (Å²) in [5.41, 5.74) is -2.27. The zero-order valence-corrected chi connectivity index (χ0v) is 24.3. The lowest BCUT2D eigenvalue weighted by atomic mass is 9.95. The second kappa shape index (κ2) is 13.8. The maximum Gasteiger partial charge on any atom is 0.506 e. The van der Waals surface area contributed by atoms with E-state index in [1.807, 2.05) is 0 Å². The lowest BCUT2D eigenvalue weighted by Gasteiger charge is -2.42. The van der Waals surface area contributed by atoms with Crippen molar-refractivity contribution in [3.63, 3.8) is 0 Å². The maximum absolute atomic E-state index is 13.9. The number of hydrogen-bond acceptors (Lipinski definition) is 6. The number of carbonyl (C=O) groups excluding carboxylic acids is 1. The summed E-state index contributed by atoms with van der Waals surface area (Å²) in [4.78, 5) is 38.0. The number of alkyl halides is 6. The number of carbonyl (C=O) groups is 2. The highest BCUT2D eigenvalue weighted by Gasteiger charge is 2.38. The number of benzene rings is 2. The first-order valence-electron chi connectivity index (χ1n) is 14.1. The fourth-order valence-corrected chi connectivity index (χ4v) is 5.52. The zero-order chi connectivity index (χ0) is 33.1. The van der Waals surface area contributed by atoms with Gasteiger partial charge in [0.05, 0.1) is 29.8 Å². The van der Waals surface area contributed by atoms with Crippen LogP contribution in [0.5, 0.6) is 0 Å². The van der Waals surface area contributed by atoms with Crippen LogP contribution in [0.4, 0.5) is 40.3 Å². The van der Waals surface area contributed by atoms with E-state index in [2.05, 4.69) is 0 Å². The van der Waals surface area contributed by atoms with Crippen molar-refractivity contribution < 1.29 is 60.0 Å². The van der Waals surface area contributed by atoms with E-state index in [1.54, 1.807) is 6.92 Å². The Kier molecular flexibility index (Phi) is 10.5. The number of carboxylic acid groups (broad SMARTS) is 1. The van der Waals surface area contributed by atoms with Crippen LogP contribution in [-0.4, -0.2) is 71.0 Å². The molecule has 0 radical (unpaired) electrons. The minimum Gasteiger partial charge on any atom is -0.450 e. The van der Waals surface area contributed by atoms with Gasteiger partial charge in [-0.25, -0.2) is 18.9 Å². The van der Waals surface area contributed by atoms with Crippen LogP contribution in [0.2, 0.25) is 0 Å². The van der Waals surface area contributed by atoms with E-state index in [9.17, 15) is 40.3 Å². The Morgan fingerprint density at radius 3 is 2.09 bits per heavy atom. The molecule has 1 saturated heterocycles. The van der Waals surface area contributed by atoms with E-state index in [0.717, 1.165) is 4.90 Å². The van der Waals surface area contributed by atoms with Gasteiger partial charge in [-0.05, 0) is 79.6 Å². The Labute approximate surface area is 253 Å². The first-order chi connectivity index (χ1) is 21.0. The topological polar surface area (TPSA) is 91.8 Å². The van der Waals surface area contributed by atoms with Crippen molar-refractivity contribution in [3.8, 4) is 0 Å². The predicted octanol–water partition coefficient (Wildman–Crippen LogP) is 6.95. The Morgan fingerprint density at radius 1 is 0.933 bits per heavy atom. The molecular weight excluding hydrogens is 619 g/mol. The molecule has 16 heteroatoms. The monoisotopic (exact) mass is 651 g/mol. The molecule has 0 aromatic heterocycles. The van der Waals surface area contributed by atoms with Gasteiger partial charge >= 0.3 is 24.5 Å². The van der Waals surface area contributed by atoms with Gasteiger partial charge in [-0.2, -0.15) is 31.4 Å². The number of urea groups is 1. The van der Waals surface area contributed by atoms with E-state index >= 15 is 0 Å². The second-order valence-electron chi connectivity index (χ2n) is 11.1. The molecule has 1 atom stereocenters. The SMILES string of the molecule is Cc1cc(F)ccc1[C@H]1CN(OOC2CCC(OC(=O)O)CC2)CCN1C(=O)N(C)Cc1cc(C(F)(F)F)cc(C(F)(F)F)c1. The van der Waals surface area contributed by atoms with Crippen molar-refractivity contribution >= 4 is 12.2 Å². The van der Waals surface area contributed by atoms with Gasteiger partial charge in [-0.15, -0.1) is 4.99 Å². The molecule has 0 spiro atoms. The lowest BCUT2D eigenvalue weighted by molar-refractivity contribution is -0.452. The number of nitrogens with zero attached hydrogens (tertiary/aromatic N) is 3. The van der Waals surface area contributed by atoms with Crippen molar-refractivity contribution in [2.75, 3.05) is 26.7 Å². The molecule has 2 aliphatic rings. The molecule has 2 fully saturated rings. The highest BCUT2D eigenvalue weighted by atomic mass is 19.4. The van der Waals surface area contributed by atoms with E-state index in [0.29, 0.717) is 48.9 Å². The van der Waals surface area contributed by atoms with Gasteiger partial charge in [0.25, 0.3) is 0 Å². The van der Waals surface area contributed by atoms with Crippen molar-refractivity contribution in [1.29, 1.82) is 0 Å². The number of halogens is 7. The summed E-state index contributed by atoms with van der Waals surface area (Å²) in [6.07, 6.45) is -10.3. The molecular formula is C29H32F7N3O6. The van der Waals surface area contributed by atoms with Gasteiger partial charge in [-0.3, -0.25) is 0 Å². The highest BCUT2D eigenvalue weighted by molar-refractivity contribution is 5.75. The molecule has 1 heterocycles. The number of hydroxylamine groups is 2. The standard InChI is InChI=1S/C29H32F7N3O6/c1-17-11-21(30)3-8-24(17)25-16-38(45-44-23-6-4-22(5-7-23)43-27(41)42)9-10-39(25)26(40)37(2)15-18-12-19(28(31,32)33)14-20(13-18)29(34,35)36/h3,8,11-14,22-23,25H,4-7,9-10,15-16H2,1-2H3,(H,41,42)/t22?,23?,25-/m1/s1. The number of ether oxygens (including phenoxy) is 1. The fraction of sp³-hybridized carbons (Fsp3) is 0.517. The van der Waals surface area contributed by atoms with Crippen molar-refractivity contribution in [2.24, 2.45) is 0 Å². The second-order valence-corrected chi connectivity index (χ2v) is 11.1. The van der Waals surface area contributed by atoms with Crippen LogP contribution in [0.15, 0.2) is 36.4 Å². The summed E-state index contributed by atoms with van der Waals surface area (Å²) in [5, 5.41) is 10.2. The third-order valence-electron chi connectivity index (χ3n) is 7.75. The smallest absolute Gasteiger partial charge is 0.450 e. The summed E-state index contributed by atoms with van der Waals surface area (Å²) in [5.74, 6) is -0.508. The van der Waals surface area contributed by atoms with E-state index in [4.69, 9.17) is 19.7 Å². The van der Waals surface area contributed by atoms with Gasteiger partial charge in [0.15, 0.2) is 0 Å². The first-order valence-corrected chi connectivity index (χ1v) is 14.1. The molecule has 1 N–H and O–H groups in total. The largest absolute Gasteiger partial charge is 0.506 e. The molecule has 9 nitrogen and oxygen atoms in total. The zero-order valence-electron chi connectivity index (χ0n) is 24.3. The minimum absolute atomic E-state index is 0.0233. The number of rotatable bonds is 7. The van der Waals surface area contributed by atoms with Gasteiger partial charge < -0.3 is 19.6 Å². The van der Waals surface area contributed by atoms with Crippen LogP contribution in [-0.2, 0) is 33.5 Å². The van der Waals surface area contributed by atoms with Gasteiger partial charge in [0, 0.05) is 26.7 Å². The van der Waals surface area contributed by atoms with Crippen LogP contribution in [0, 0.1) is 12.7 Å². The molecule has 0 unspecified atom stereocenters. The molecule has 1 aliphatic heterocycles. The van der Waals surface area contributed by atoms with Crippen LogP contribution < -0.4 is 0 Å². The number of hydrogen-bond donors (Lipinski definition) is 1. The first kappa shape index (κ1) is 34.2. The molecule has 1 aliphatic carbocycles. The summed E-state index contributed by atoms with van der Waals surface area (Å²) < 4.78 is 99.0. The van der Waals surface area contributed by atoms with Crippen LogP contribution in [0.25, 0.3) is 0 Å². The van der Waals surface area contributed by atoms with E-state index in [-0.39, 0.29) is 37.4 Å². The molecule has 1 saturated carbocycles. The van der Waals surface area contributed by atoms with E-state index in [1.165, 1.54) is 35.2 Å². The van der Waals surface area contributed by atoms with Crippen LogP contribution in [0.3, 0.4) is 0 Å². The van der Waals surface area contributed by atoms with E-state index < -0.39 is 60.2 Å². The molecule has 2 aromatic carbocycles. The van der Waals surface area contributed by atoms with Crippen molar-refractivity contribution in [1.82, 2.24) is 14.9 Å². The maximum atomic E-state index is 13.9. The Morgan fingerprint density at radius 2 is 1.53 bits per heavy atom. The van der Waals surface area contributed by atoms with Crippen molar-refractivity contribution in [3.05, 3.63) is 70.0 Å². The van der Waals surface area contributed by atoms with Gasteiger partial charge in [0.2, 0.25) is 0 Å². The normalized spacial score (nSPS) is 21.4. The van der Waals surface area contributed by atoms with Crippen LogP contribution >= 0.6 is 0 Å².